The minimum absolute atomic E-state index is 0.197. The van der Waals surface area contributed by atoms with Gasteiger partial charge in [0.05, 0.1) is 0 Å². The Bertz CT molecular complexity index is 176. The molecule has 2 heteroatoms. The fourth-order valence-corrected chi connectivity index (χ4v) is 1.77. The van der Waals surface area contributed by atoms with Gasteiger partial charge < -0.3 is 5.32 Å². The summed E-state index contributed by atoms with van der Waals surface area (Å²) in [5, 5.41) is 2.92. The molecule has 0 aromatic heterocycles. The minimum Gasteiger partial charge on any atom is -0.356 e. The molecule has 0 bridgehead atoms. The first-order chi connectivity index (χ1) is 5.72. The van der Waals surface area contributed by atoms with Crippen molar-refractivity contribution in [3.63, 3.8) is 0 Å². The van der Waals surface area contributed by atoms with E-state index in [9.17, 15) is 4.79 Å². The predicted molar refractivity (Wildman–Crippen MR) is 49.8 cm³/mol. The van der Waals surface area contributed by atoms with E-state index in [1.54, 1.807) is 0 Å². The summed E-state index contributed by atoms with van der Waals surface area (Å²) in [6, 6.07) is 0. The molecule has 1 heterocycles. The smallest absolute Gasteiger partial charge is 0.220 e. The van der Waals surface area contributed by atoms with Crippen molar-refractivity contribution >= 4 is 5.91 Å². The molecule has 2 nitrogen and oxygen atoms in total. The van der Waals surface area contributed by atoms with Gasteiger partial charge in [0.15, 0.2) is 0 Å². The topological polar surface area (TPSA) is 29.1 Å². The number of hydrogen-bond donors (Lipinski definition) is 1. The molecule has 0 radical (unpaired) electrons. The van der Waals surface area contributed by atoms with Gasteiger partial charge >= 0.3 is 0 Å². The average Bonchev–Trinajstić information content (AvgIpc) is 2.10. The van der Waals surface area contributed by atoms with Gasteiger partial charge in [-0.05, 0) is 24.7 Å². The van der Waals surface area contributed by atoms with Gasteiger partial charge in [0.2, 0.25) is 5.91 Å². The molecule has 0 spiro atoms. The lowest BCUT2D eigenvalue weighted by molar-refractivity contribution is -0.124. The van der Waals surface area contributed by atoms with Gasteiger partial charge in [0, 0.05) is 13.0 Å². The van der Waals surface area contributed by atoms with E-state index in [0.29, 0.717) is 11.8 Å². The lowest BCUT2D eigenvalue weighted by Gasteiger charge is -2.35. The number of rotatable bonds is 3. The molecule has 1 N–H and O–H groups in total. The Balaban J connectivity index is 2.56. The standard InChI is InChI=1S/C10H17NO/c1-3-6-10(4-2)7-5-9(12)11-8-10/h3H,1,4-8H2,2H3,(H,11,12)/t10-/m1/s1. The third-order valence-corrected chi connectivity index (χ3v) is 2.87. The van der Waals surface area contributed by atoms with Crippen molar-refractivity contribution in [3.8, 4) is 0 Å². The molecule has 0 unspecified atom stereocenters. The molecule has 1 rings (SSSR count). The van der Waals surface area contributed by atoms with Gasteiger partial charge in [0.1, 0.15) is 0 Å². The number of amides is 1. The molecule has 0 aliphatic carbocycles. The van der Waals surface area contributed by atoms with E-state index >= 15 is 0 Å². The Morgan fingerprint density at radius 3 is 2.92 bits per heavy atom. The Kier molecular flexibility index (Phi) is 2.90. The number of piperidine rings is 1. The van der Waals surface area contributed by atoms with Crippen LogP contribution in [0.4, 0.5) is 0 Å². The highest BCUT2D eigenvalue weighted by atomic mass is 16.1. The molecule has 1 fully saturated rings. The zero-order valence-corrected chi connectivity index (χ0v) is 7.73. The second-order valence-corrected chi connectivity index (χ2v) is 3.62. The van der Waals surface area contributed by atoms with Crippen LogP contribution in [0.3, 0.4) is 0 Å². The fraction of sp³-hybridized carbons (Fsp3) is 0.700. The van der Waals surface area contributed by atoms with Crippen molar-refractivity contribution in [2.75, 3.05) is 6.54 Å². The zero-order chi connectivity index (χ0) is 9.03. The summed E-state index contributed by atoms with van der Waals surface area (Å²) >= 11 is 0. The highest BCUT2D eigenvalue weighted by Crippen LogP contribution is 2.33. The molecular weight excluding hydrogens is 150 g/mol. The second-order valence-electron chi connectivity index (χ2n) is 3.62. The van der Waals surface area contributed by atoms with Gasteiger partial charge in [-0.1, -0.05) is 13.0 Å². The summed E-state index contributed by atoms with van der Waals surface area (Å²) in [5.41, 5.74) is 0.301. The first-order valence-corrected chi connectivity index (χ1v) is 4.60. The Morgan fingerprint density at radius 1 is 1.75 bits per heavy atom. The number of carbonyl (C=O) groups excluding carboxylic acids is 1. The van der Waals surface area contributed by atoms with Crippen LogP contribution in [-0.4, -0.2) is 12.5 Å². The molecule has 1 aliphatic rings. The van der Waals surface area contributed by atoms with Crippen LogP contribution in [0, 0.1) is 5.41 Å². The summed E-state index contributed by atoms with van der Waals surface area (Å²) in [7, 11) is 0. The molecule has 1 aliphatic heterocycles. The highest BCUT2D eigenvalue weighted by Gasteiger charge is 2.31. The first-order valence-electron chi connectivity index (χ1n) is 4.60. The molecule has 0 saturated carbocycles. The summed E-state index contributed by atoms with van der Waals surface area (Å²) in [4.78, 5) is 10.9. The molecule has 12 heavy (non-hydrogen) atoms. The molecule has 0 aromatic carbocycles. The quantitative estimate of drug-likeness (QED) is 0.639. The molecule has 1 saturated heterocycles. The van der Waals surface area contributed by atoms with E-state index < -0.39 is 0 Å². The van der Waals surface area contributed by atoms with E-state index in [1.807, 2.05) is 6.08 Å². The summed E-state index contributed by atoms with van der Waals surface area (Å²) in [6.07, 6.45) is 5.80. The third kappa shape index (κ3) is 1.87. The SMILES string of the molecule is C=CC[C@]1(CC)CCC(=O)NC1. The van der Waals surface area contributed by atoms with Crippen LogP contribution in [0.2, 0.25) is 0 Å². The lowest BCUT2D eigenvalue weighted by Crippen LogP contribution is -2.42. The van der Waals surface area contributed by atoms with Crippen LogP contribution in [0.15, 0.2) is 12.7 Å². The summed E-state index contributed by atoms with van der Waals surface area (Å²) < 4.78 is 0. The van der Waals surface area contributed by atoms with Crippen LogP contribution in [-0.2, 0) is 4.79 Å². The van der Waals surface area contributed by atoms with Crippen molar-refractivity contribution in [1.82, 2.24) is 5.32 Å². The molecule has 68 valence electrons. The van der Waals surface area contributed by atoms with Gasteiger partial charge in [-0.25, -0.2) is 0 Å². The maximum atomic E-state index is 10.9. The molecule has 1 atom stereocenters. The van der Waals surface area contributed by atoms with Gasteiger partial charge in [-0.15, -0.1) is 6.58 Å². The average molecular weight is 167 g/mol. The van der Waals surface area contributed by atoms with E-state index in [-0.39, 0.29) is 5.91 Å². The van der Waals surface area contributed by atoms with E-state index in [0.717, 1.165) is 25.8 Å². The minimum atomic E-state index is 0.197. The maximum absolute atomic E-state index is 10.9. The maximum Gasteiger partial charge on any atom is 0.220 e. The van der Waals surface area contributed by atoms with E-state index in [2.05, 4.69) is 18.8 Å². The van der Waals surface area contributed by atoms with E-state index in [4.69, 9.17) is 0 Å². The Morgan fingerprint density at radius 2 is 2.50 bits per heavy atom. The van der Waals surface area contributed by atoms with Crippen molar-refractivity contribution in [2.45, 2.75) is 32.6 Å². The zero-order valence-electron chi connectivity index (χ0n) is 7.73. The van der Waals surface area contributed by atoms with Crippen molar-refractivity contribution in [1.29, 1.82) is 0 Å². The molecule has 0 aromatic rings. The van der Waals surface area contributed by atoms with E-state index in [1.165, 1.54) is 0 Å². The number of nitrogens with one attached hydrogen (secondary N) is 1. The monoisotopic (exact) mass is 167 g/mol. The van der Waals surface area contributed by atoms with Crippen LogP contribution in [0.1, 0.15) is 32.6 Å². The lowest BCUT2D eigenvalue weighted by atomic mass is 9.75. The fourth-order valence-electron chi connectivity index (χ4n) is 1.77. The Labute approximate surface area is 74.0 Å². The van der Waals surface area contributed by atoms with Crippen LogP contribution in [0.25, 0.3) is 0 Å². The van der Waals surface area contributed by atoms with Gasteiger partial charge in [0.25, 0.3) is 0 Å². The second kappa shape index (κ2) is 3.74. The van der Waals surface area contributed by atoms with Crippen molar-refractivity contribution < 1.29 is 4.79 Å². The molecular formula is C10H17NO. The number of allylic oxidation sites excluding steroid dienone is 1. The van der Waals surface area contributed by atoms with Crippen LogP contribution in [0.5, 0.6) is 0 Å². The van der Waals surface area contributed by atoms with Gasteiger partial charge in [-0.3, -0.25) is 4.79 Å². The van der Waals surface area contributed by atoms with Crippen LogP contribution >= 0.6 is 0 Å². The normalized spacial score (nSPS) is 29.6. The number of hydrogen-bond acceptors (Lipinski definition) is 1. The third-order valence-electron chi connectivity index (χ3n) is 2.87. The summed E-state index contributed by atoms with van der Waals surface area (Å²) in [5.74, 6) is 0.197. The predicted octanol–water partition coefficient (Wildman–Crippen LogP) is 1.87. The molecule has 1 amide bonds. The first kappa shape index (κ1) is 9.30. The van der Waals surface area contributed by atoms with Gasteiger partial charge in [-0.2, -0.15) is 0 Å². The summed E-state index contributed by atoms with van der Waals surface area (Å²) in [6.45, 7) is 6.76. The highest BCUT2D eigenvalue weighted by molar-refractivity contribution is 5.76. The van der Waals surface area contributed by atoms with Crippen molar-refractivity contribution in [2.24, 2.45) is 5.41 Å². The largest absolute Gasteiger partial charge is 0.356 e. The number of carbonyl (C=O) groups is 1. The Hall–Kier alpha value is -0.790. The van der Waals surface area contributed by atoms with Crippen molar-refractivity contribution in [3.05, 3.63) is 12.7 Å². The van der Waals surface area contributed by atoms with Crippen LogP contribution < -0.4 is 5.32 Å².